The van der Waals surface area contributed by atoms with Crippen LogP contribution < -0.4 is 5.32 Å². The van der Waals surface area contributed by atoms with Crippen molar-refractivity contribution in [1.82, 2.24) is 10.2 Å². The lowest BCUT2D eigenvalue weighted by Crippen LogP contribution is -2.46. The average Bonchev–Trinajstić information content (AvgIpc) is 2.14. The van der Waals surface area contributed by atoms with Gasteiger partial charge >= 0.3 is 0 Å². The molecule has 0 fully saturated rings. The van der Waals surface area contributed by atoms with Gasteiger partial charge in [0, 0.05) is 6.54 Å². The molecular formula is C9H17N3O. The zero-order valence-electron chi connectivity index (χ0n) is 8.66. The molecule has 2 unspecified atom stereocenters. The third-order valence-corrected chi connectivity index (χ3v) is 2.14. The van der Waals surface area contributed by atoms with Gasteiger partial charge in [-0.2, -0.15) is 5.26 Å². The van der Waals surface area contributed by atoms with E-state index >= 15 is 0 Å². The van der Waals surface area contributed by atoms with Crippen molar-refractivity contribution in [3.63, 3.8) is 0 Å². The lowest BCUT2D eigenvalue weighted by Gasteiger charge is -2.25. The van der Waals surface area contributed by atoms with E-state index in [-0.39, 0.29) is 18.0 Å². The van der Waals surface area contributed by atoms with Gasteiger partial charge in [0.25, 0.3) is 0 Å². The summed E-state index contributed by atoms with van der Waals surface area (Å²) in [6.45, 7) is 6.06. The van der Waals surface area contributed by atoms with Crippen molar-refractivity contribution in [2.45, 2.75) is 32.9 Å². The van der Waals surface area contributed by atoms with Gasteiger partial charge < -0.3 is 5.32 Å². The van der Waals surface area contributed by atoms with Gasteiger partial charge in [0.1, 0.15) is 0 Å². The topological polar surface area (TPSA) is 56.1 Å². The lowest BCUT2D eigenvalue weighted by molar-refractivity contribution is -0.125. The van der Waals surface area contributed by atoms with E-state index in [0.717, 1.165) is 0 Å². The number of hydrogen-bond acceptors (Lipinski definition) is 3. The highest BCUT2D eigenvalue weighted by atomic mass is 16.2. The maximum absolute atomic E-state index is 11.3. The van der Waals surface area contributed by atoms with Gasteiger partial charge in [-0.15, -0.1) is 0 Å². The third-order valence-electron chi connectivity index (χ3n) is 2.14. The van der Waals surface area contributed by atoms with Gasteiger partial charge in [0.2, 0.25) is 5.91 Å². The predicted octanol–water partition coefficient (Wildman–Crippen LogP) is 0.355. The Balaban J connectivity index is 4.18. The molecule has 0 aromatic rings. The van der Waals surface area contributed by atoms with Gasteiger partial charge in [-0.25, -0.2) is 0 Å². The van der Waals surface area contributed by atoms with Gasteiger partial charge in [0.05, 0.1) is 18.2 Å². The number of carbonyl (C=O) groups is 1. The summed E-state index contributed by atoms with van der Waals surface area (Å²) >= 11 is 0. The second-order valence-corrected chi connectivity index (χ2v) is 3.04. The number of rotatable bonds is 4. The fraction of sp³-hybridized carbons (Fsp3) is 0.778. The standard InChI is InChI=1S/C9H17N3O/c1-5-11-9(13)8(3)12(4)7(2)6-10/h7-8H,5H2,1-4H3,(H,11,13). The minimum Gasteiger partial charge on any atom is -0.355 e. The van der Waals surface area contributed by atoms with E-state index in [4.69, 9.17) is 5.26 Å². The molecule has 0 aliphatic carbocycles. The first-order chi connectivity index (χ1) is 6.04. The van der Waals surface area contributed by atoms with E-state index in [2.05, 4.69) is 11.4 Å². The minimum atomic E-state index is -0.255. The van der Waals surface area contributed by atoms with Crippen LogP contribution in [0.1, 0.15) is 20.8 Å². The molecule has 2 atom stereocenters. The maximum Gasteiger partial charge on any atom is 0.237 e. The molecule has 0 aromatic carbocycles. The number of nitrogens with zero attached hydrogens (tertiary/aromatic N) is 2. The molecule has 0 heterocycles. The van der Waals surface area contributed by atoms with E-state index in [9.17, 15) is 4.79 Å². The van der Waals surface area contributed by atoms with Crippen LogP contribution in [-0.4, -0.2) is 36.5 Å². The van der Waals surface area contributed by atoms with Gasteiger partial charge in [-0.3, -0.25) is 9.69 Å². The molecule has 0 bridgehead atoms. The van der Waals surface area contributed by atoms with Crippen molar-refractivity contribution in [3.05, 3.63) is 0 Å². The molecular weight excluding hydrogens is 166 g/mol. The second-order valence-electron chi connectivity index (χ2n) is 3.04. The number of nitriles is 1. The largest absolute Gasteiger partial charge is 0.355 e. The van der Waals surface area contributed by atoms with E-state index in [1.165, 1.54) is 0 Å². The summed E-state index contributed by atoms with van der Waals surface area (Å²) in [5, 5.41) is 11.4. The quantitative estimate of drug-likeness (QED) is 0.684. The Bertz CT molecular complexity index is 209. The molecule has 0 saturated carbocycles. The maximum atomic E-state index is 11.3. The third kappa shape index (κ3) is 3.43. The lowest BCUT2D eigenvalue weighted by atomic mass is 10.2. The fourth-order valence-corrected chi connectivity index (χ4v) is 0.933. The van der Waals surface area contributed by atoms with E-state index in [1.54, 1.807) is 25.8 Å². The van der Waals surface area contributed by atoms with Gasteiger partial charge in [0.15, 0.2) is 0 Å². The molecule has 0 rings (SSSR count). The molecule has 13 heavy (non-hydrogen) atoms. The smallest absolute Gasteiger partial charge is 0.237 e. The van der Waals surface area contributed by atoms with Gasteiger partial charge in [-0.05, 0) is 27.8 Å². The predicted molar refractivity (Wildman–Crippen MR) is 51.0 cm³/mol. The monoisotopic (exact) mass is 183 g/mol. The molecule has 4 nitrogen and oxygen atoms in total. The molecule has 4 heteroatoms. The summed E-state index contributed by atoms with van der Waals surface area (Å²) in [6, 6.07) is 1.60. The Kier molecular flexibility index (Phi) is 5.09. The number of likely N-dealkylation sites (N-methyl/N-ethyl adjacent to an activating group) is 2. The Morgan fingerprint density at radius 3 is 2.54 bits per heavy atom. The Hall–Kier alpha value is -1.08. The van der Waals surface area contributed by atoms with E-state index < -0.39 is 0 Å². The van der Waals surface area contributed by atoms with Crippen LogP contribution in [0.2, 0.25) is 0 Å². The van der Waals surface area contributed by atoms with Crippen LogP contribution in [0.3, 0.4) is 0 Å². The summed E-state index contributed by atoms with van der Waals surface area (Å²) < 4.78 is 0. The number of amides is 1. The van der Waals surface area contributed by atoms with Crippen LogP contribution in [0.15, 0.2) is 0 Å². The number of carbonyl (C=O) groups excluding carboxylic acids is 1. The van der Waals surface area contributed by atoms with E-state index in [0.29, 0.717) is 6.54 Å². The summed E-state index contributed by atoms with van der Waals surface area (Å²) in [5.74, 6) is -0.0351. The molecule has 0 aliphatic heterocycles. The van der Waals surface area contributed by atoms with Crippen molar-refractivity contribution in [2.75, 3.05) is 13.6 Å². The van der Waals surface area contributed by atoms with Crippen LogP contribution in [0, 0.1) is 11.3 Å². The van der Waals surface area contributed by atoms with Crippen LogP contribution in [0.4, 0.5) is 0 Å². The van der Waals surface area contributed by atoms with Crippen molar-refractivity contribution in [3.8, 4) is 6.07 Å². The van der Waals surface area contributed by atoms with Crippen molar-refractivity contribution < 1.29 is 4.79 Å². The first-order valence-electron chi connectivity index (χ1n) is 4.43. The molecule has 0 saturated heterocycles. The highest BCUT2D eigenvalue weighted by Crippen LogP contribution is 2.01. The van der Waals surface area contributed by atoms with Crippen LogP contribution in [0.5, 0.6) is 0 Å². The fourth-order valence-electron chi connectivity index (χ4n) is 0.933. The highest BCUT2D eigenvalue weighted by molar-refractivity contribution is 5.81. The summed E-state index contributed by atoms with van der Waals surface area (Å²) in [4.78, 5) is 13.1. The van der Waals surface area contributed by atoms with Gasteiger partial charge in [-0.1, -0.05) is 0 Å². The average molecular weight is 183 g/mol. The van der Waals surface area contributed by atoms with Crippen molar-refractivity contribution in [1.29, 1.82) is 5.26 Å². The first-order valence-corrected chi connectivity index (χ1v) is 4.43. The summed E-state index contributed by atoms with van der Waals surface area (Å²) in [7, 11) is 1.77. The normalized spacial score (nSPS) is 14.8. The molecule has 74 valence electrons. The SMILES string of the molecule is CCNC(=O)C(C)N(C)C(C)C#N. The Labute approximate surface area is 79.5 Å². The highest BCUT2D eigenvalue weighted by Gasteiger charge is 2.20. The number of hydrogen-bond donors (Lipinski definition) is 1. The zero-order chi connectivity index (χ0) is 10.4. The van der Waals surface area contributed by atoms with Crippen molar-refractivity contribution in [2.24, 2.45) is 0 Å². The molecule has 0 aliphatic rings. The number of nitrogens with one attached hydrogen (secondary N) is 1. The van der Waals surface area contributed by atoms with Crippen LogP contribution in [-0.2, 0) is 4.79 Å². The van der Waals surface area contributed by atoms with Crippen molar-refractivity contribution >= 4 is 5.91 Å². The molecule has 0 radical (unpaired) electrons. The second kappa shape index (κ2) is 5.55. The van der Waals surface area contributed by atoms with Crippen LogP contribution in [0.25, 0.3) is 0 Å². The first kappa shape index (κ1) is 11.9. The summed E-state index contributed by atoms with van der Waals surface area (Å²) in [6.07, 6.45) is 0. The summed E-state index contributed by atoms with van der Waals surface area (Å²) in [5.41, 5.74) is 0. The molecule has 1 N–H and O–H groups in total. The van der Waals surface area contributed by atoms with Crippen LogP contribution >= 0.6 is 0 Å². The Morgan fingerprint density at radius 1 is 1.62 bits per heavy atom. The Morgan fingerprint density at radius 2 is 2.15 bits per heavy atom. The zero-order valence-corrected chi connectivity index (χ0v) is 8.66. The molecule has 1 amide bonds. The van der Waals surface area contributed by atoms with E-state index in [1.807, 2.05) is 6.92 Å². The molecule has 0 spiro atoms. The molecule has 0 aromatic heterocycles. The minimum absolute atomic E-state index is 0.0351.